The van der Waals surface area contributed by atoms with Crippen molar-refractivity contribution in [1.29, 1.82) is 0 Å². The molecule has 15 heavy (non-hydrogen) atoms. The summed E-state index contributed by atoms with van der Waals surface area (Å²) in [7, 11) is 0. The molecule has 2 fully saturated rings. The van der Waals surface area contributed by atoms with E-state index in [2.05, 4.69) is 30.8 Å². The van der Waals surface area contributed by atoms with Gasteiger partial charge in [-0.25, -0.2) is 10.0 Å². The van der Waals surface area contributed by atoms with Gasteiger partial charge in [0.25, 0.3) is 0 Å². The summed E-state index contributed by atoms with van der Waals surface area (Å²) in [5.41, 5.74) is 0. The van der Waals surface area contributed by atoms with Crippen LogP contribution in [0.15, 0.2) is 0 Å². The molecule has 0 bridgehead atoms. The van der Waals surface area contributed by atoms with Crippen molar-refractivity contribution in [3.8, 4) is 0 Å². The van der Waals surface area contributed by atoms with Crippen molar-refractivity contribution in [3.63, 3.8) is 0 Å². The molecule has 2 rings (SSSR count). The first-order valence-corrected chi connectivity index (χ1v) is 5.92. The Morgan fingerprint density at radius 2 is 1.47 bits per heavy atom. The molecule has 3 unspecified atom stereocenters. The van der Waals surface area contributed by atoms with E-state index in [9.17, 15) is 0 Å². The molecule has 0 aromatic heterocycles. The van der Waals surface area contributed by atoms with Crippen LogP contribution < -0.4 is 0 Å². The van der Waals surface area contributed by atoms with Gasteiger partial charge in [-0.2, -0.15) is 0 Å². The molecule has 0 saturated carbocycles. The fourth-order valence-electron chi connectivity index (χ4n) is 2.44. The molecule has 4 nitrogen and oxygen atoms in total. The third-order valence-corrected chi connectivity index (χ3v) is 3.02. The Bertz CT molecular complexity index is 203. The number of hydrogen-bond donors (Lipinski definition) is 0. The topological polar surface area (TPSA) is 24.9 Å². The van der Waals surface area contributed by atoms with E-state index in [1.807, 2.05) is 0 Å². The van der Waals surface area contributed by atoms with Crippen molar-refractivity contribution in [2.24, 2.45) is 0 Å². The number of rotatable bonds is 1. The van der Waals surface area contributed by atoms with Crippen LogP contribution in [-0.2, 0) is 9.47 Å². The lowest BCUT2D eigenvalue weighted by Crippen LogP contribution is -2.57. The average Bonchev–Trinajstić information content (AvgIpc) is 2.16. The van der Waals surface area contributed by atoms with Gasteiger partial charge in [0.05, 0.1) is 24.9 Å². The van der Waals surface area contributed by atoms with Crippen LogP contribution in [0.3, 0.4) is 0 Å². The lowest BCUT2D eigenvalue weighted by Gasteiger charge is -2.44. The van der Waals surface area contributed by atoms with E-state index in [1.165, 1.54) is 0 Å². The van der Waals surface area contributed by atoms with Crippen LogP contribution in [0.4, 0.5) is 0 Å². The van der Waals surface area contributed by atoms with Gasteiger partial charge >= 0.3 is 0 Å². The minimum atomic E-state index is 0.340. The Kier molecular flexibility index (Phi) is 3.61. The smallest absolute Gasteiger partial charge is 0.0692 e. The van der Waals surface area contributed by atoms with Crippen LogP contribution >= 0.6 is 0 Å². The molecule has 0 N–H and O–H groups in total. The van der Waals surface area contributed by atoms with Gasteiger partial charge in [0.15, 0.2) is 0 Å². The van der Waals surface area contributed by atoms with Crippen molar-refractivity contribution in [1.82, 2.24) is 10.0 Å². The van der Waals surface area contributed by atoms with Crippen LogP contribution in [0, 0.1) is 0 Å². The van der Waals surface area contributed by atoms with Gasteiger partial charge in [-0.15, -0.1) is 0 Å². The molecule has 0 amide bonds. The third-order valence-electron chi connectivity index (χ3n) is 3.02. The predicted molar refractivity (Wildman–Crippen MR) is 58.6 cm³/mol. The normalized spacial score (nSPS) is 40.6. The number of morpholine rings is 2. The minimum absolute atomic E-state index is 0.340. The molecule has 3 atom stereocenters. The number of ether oxygens (including phenoxy) is 2. The molecule has 0 spiro atoms. The van der Waals surface area contributed by atoms with Gasteiger partial charge < -0.3 is 9.47 Å². The fourth-order valence-corrected chi connectivity index (χ4v) is 2.44. The fraction of sp³-hybridized carbons (Fsp3) is 1.00. The number of nitrogens with zero attached hydrogens (tertiary/aromatic N) is 2. The summed E-state index contributed by atoms with van der Waals surface area (Å²) in [6, 6.07) is 0. The summed E-state index contributed by atoms with van der Waals surface area (Å²) in [5, 5.41) is 4.85. The largest absolute Gasteiger partial charge is 0.376 e. The lowest BCUT2D eigenvalue weighted by molar-refractivity contribution is -0.178. The molecule has 2 aliphatic rings. The highest BCUT2D eigenvalue weighted by Gasteiger charge is 2.29. The zero-order valence-corrected chi connectivity index (χ0v) is 9.98. The predicted octanol–water partition coefficient (Wildman–Crippen LogP) is 0.731. The average molecular weight is 214 g/mol. The Balaban J connectivity index is 1.91. The third kappa shape index (κ3) is 2.91. The summed E-state index contributed by atoms with van der Waals surface area (Å²) >= 11 is 0. The molecular formula is C11H22N2O2. The zero-order chi connectivity index (χ0) is 10.8. The first-order chi connectivity index (χ1) is 7.15. The van der Waals surface area contributed by atoms with Gasteiger partial charge in [-0.3, -0.25) is 0 Å². The van der Waals surface area contributed by atoms with Crippen molar-refractivity contribution in [2.45, 2.75) is 39.1 Å². The summed E-state index contributed by atoms with van der Waals surface area (Å²) in [6.07, 6.45) is 1.03. The Labute approximate surface area is 92.1 Å². The second kappa shape index (κ2) is 4.78. The van der Waals surface area contributed by atoms with E-state index in [-0.39, 0.29) is 0 Å². The van der Waals surface area contributed by atoms with Crippen molar-refractivity contribution in [2.75, 3.05) is 32.8 Å². The van der Waals surface area contributed by atoms with Gasteiger partial charge in [-0.1, -0.05) is 0 Å². The number of hydrogen-bond acceptors (Lipinski definition) is 4. The maximum absolute atomic E-state index is 5.73. The van der Waals surface area contributed by atoms with Crippen LogP contribution in [-0.4, -0.2) is 61.1 Å². The van der Waals surface area contributed by atoms with Crippen molar-refractivity contribution >= 4 is 0 Å². The SMILES string of the molecule is CC1CN(N2CC(C)OC(C)C2)CCO1. The molecule has 2 saturated heterocycles. The Morgan fingerprint density at radius 3 is 2.07 bits per heavy atom. The standard InChI is InChI=1S/C11H22N2O2/c1-9-6-12(4-5-14-9)13-7-10(2)15-11(3)8-13/h9-11H,4-8H2,1-3H3. The maximum Gasteiger partial charge on any atom is 0.0692 e. The Hall–Kier alpha value is -0.160. The van der Waals surface area contributed by atoms with Crippen LogP contribution in [0.25, 0.3) is 0 Å². The molecule has 2 heterocycles. The first kappa shape index (κ1) is 11.3. The van der Waals surface area contributed by atoms with E-state index in [1.54, 1.807) is 0 Å². The summed E-state index contributed by atoms with van der Waals surface area (Å²) in [5.74, 6) is 0. The molecule has 0 aromatic carbocycles. The van der Waals surface area contributed by atoms with Crippen LogP contribution in [0.1, 0.15) is 20.8 Å². The highest BCUT2D eigenvalue weighted by Crippen LogP contribution is 2.15. The monoisotopic (exact) mass is 214 g/mol. The molecule has 2 aliphatic heterocycles. The second-order valence-corrected chi connectivity index (χ2v) is 4.72. The van der Waals surface area contributed by atoms with E-state index in [0.717, 1.165) is 32.8 Å². The molecule has 88 valence electrons. The van der Waals surface area contributed by atoms with Gasteiger partial charge in [0, 0.05) is 26.2 Å². The van der Waals surface area contributed by atoms with E-state index >= 15 is 0 Å². The summed E-state index contributed by atoms with van der Waals surface area (Å²) in [6.45, 7) is 11.3. The van der Waals surface area contributed by atoms with Gasteiger partial charge in [0.1, 0.15) is 0 Å². The second-order valence-electron chi connectivity index (χ2n) is 4.72. The van der Waals surface area contributed by atoms with Gasteiger partial charge in [-0.05, 0) is 20.8 Å². The van der Waals surface area contributed by atoms with E-state index < -0.39 is 0 Å². The first-order valence-electron chi connectivity index (χ1n) is 5.92. The summed E-state index contributed by atoms with van der Waals surface area (Å²) < 4.78 is 11.3. The molecule has 4 heteroatoms. The lowest BCUT2D eigenvalue weighted by atomic mass is 10.2. The van der Waals surface area contributed by atoms with E-state index in [4.69, 9.17) is 9.47 Å². The maximum atomic E-state index is 5.73. The van der Waals surface area contributed by atoms with Gasteiger partial charge in [0.2, 0.25) is 0 Å². The van der Waals surface area contributed by atoms with Crippen LogP contribution in [0.2, 0.25) is 0 Å². The number of hydrazine groups is 1. The highest BCUT2D eigenvalue weighted by molar-refractivity contribution is 4.75. The molecule has 0 radical (unpaired) electrons. The molecular weight excluding hydrogens is 192 g/mol. The highest BCUT2D eigenvalue weighted by atomic mass is 16.5. The molecule has 0 aliphatic carbocycles. The van der Waals surface area contributed by atoms with Crippen molar-refractivity contribution in [3.05, 3.63) is 0 Å². The van der Waals surface area contributed by atoms with E-state index in [0.29, 0.717) is 18.3 Å². The van der Waals surface area contributed by atoms with Crippen molar-refractivity contribution < 1.29 is 9.47 Å². The zero-order valence-electron chi connectivity index (χ0n) is 9.98. The quantitative estimate of drug-likeness (QED) is 0.642. The Morgan fingerprint density at radius 1 is 0.867 bits per heavy atom. The minimum Gasteiger partial charge on any atom is -0.376 e. The summed E-state index contributed by atoms with van der Waals surface area (Å²) in [4.78, 5) is 0. The van der Waals surface area contributed by atoms with Crippen LogP contribution in [0.5, 0.6) is 0 Å². The molecule has 0 aromatic rings.